The second kappa shape index (κ2) is 10.4. The highest BCUT2D eigenvalue weighted by molar-refractivity contribution is 5.89. The molecule has 2 saturated heterocycles. The van der Waals surface area contributed by atoms with Gasteiger partial charge in [-0.1, -0.05) is 30.3 Å². The van der Waals surface area contributed by atoms with Crippen LogP contribution < -0.4 is 15.0 Å². The number of benzene rings is 2. The lowest BCUT2D eigenvalue weighted by molar-refractivity contribution is -0.137. The Morgan fingerprint density at radius 1 is 0.875 bits per heavy atom. The number of carbonyl (C=O) groups excluding carboxylic acids is 2. The fourth-order valence-electron chi connectivity index (χ4n) is 4.48. The van der Waals surface area contributed by atoms with Gasteiger partial charge in [0.25, 0.3) is 0 Å². The standard InChI is InChI=1S/C25H32N4O3/c1-2-32-23-11-7-6-10-22(23)27-16-18-28(19-17-27)24(30)20-12-14-29(15-13-20)25(31)26-21-8-4-3-5-9-21/h3-11,20H,2,12-19H2,1H3,(H,26,31). The first-order valence-electron chi connectivity index (χ1n) is 11.5. The first kappa shape index (κ1) is 22.0. The molecule has 7 nitrogen and oxygen atoms in total. The predicted octanol–water partition coefficient (Wildman–Crippen LogP) is 3.68. The zero-order chi connectivity index (χ0) is 22.3. The van der Waals surface area contributed by atoms with Crippen molar-refractivity contribution in [3.05, 3.63) is 54.6 Å². The second-order valence-corrected chi connectivity index (χ2v) is 8.27. The summed E-state index contributed by atoms with van der Waals surface area (Å²) in [6.45, 7) is 6.87. The first-order chi connectivity index (χ1) is 15.7. The summed E-state index contributed by atoms with van der Waals surface area (Å²) in [5.74, 6) is 1.12. The van der Waals surface area contributed by atoms with Crippen molar-refractivity contribution in [3.63, 3.8) is 0 Å². The second-order valence-electron chi connectivity index (χ2n) is 8.27. The van der Waals surface area contributed by atoms with Crippen LogP contribution in [-0.4, -0.2) is 67.6 Å². The van der Waals surface area contributed by atoms with E-state index in [0.717, 1.165) is 30.2 Å². The lowest BCUT2D eigenvalue weighted by Crippen LogP contribution is -2.52. The Balaban J connectivity index is 1.25. The maximum atomic E-state index is 13.1. The van der Waals surface area contributed by atoms with E-state index in [4.69, 9.17) is 4.74 Å². The predicted molar refractivity (Wildman–Crippen MR) is 126 cm³/mol. The van der Waals surface area contributed by atoms with Crippen molar-refractivity contribution in [2.24, 2.45) is 5.92 Å². The molecule has 1 N–H and O–H groups in total. The number of amides is 3. The largest absolute Gasteiger partial charge is 0.492 e. The lowest BCUT2D eigenvalue weighted by atomic mass is 9.95. The van der Waals surface area contributed by atoms with Crippen molar-refractivity contribution in [3.8, 4) is 5.75 Å². The van der Waals surface area contributed by atoms with Gasteiger partial charge in [0, 0.05) is 50.9 Å². The highest BCUT2D eigenvalue weighted by atomic mass is 16.5. The molecule has 0 spiro atoms. The van der Waals surface area contributed by atoms with Crippen LogP contribution in [-0.2, 0) is 4.79 Å². The third-order valence-corrected chi connectivity index (χ3v) is 6.25. The number of piperidine rings is 1. The molecule has 0 aromatic heterocycles. The number of anilines is 2. The third kappa shape index (κ3) is 5.15. The van der Waals surface area contributed by atoms with Gasteiger partial charge >= 0.3 is 6.03 Å². The van der Waals surface area contributed by atoms with E-state index in [9.17, 15) is 9.59 Å². The van der Waals surface area contributed by atoms with Crippen molar-refractivity contribution >= 4 is 23.3 Å². The van der Waals surface area contributed by atoms with Gasteiger partial charge in [-0.2, -0.15) is 0 Å². The number of ether oxygens (including phenoxy) is 1. The molecule has 0 saturated carbocycles. The molecule has 2 aromatic carbocycles. The Labute approximate surface area is 189 Å². The van der Waals surface area contributed by atoms with Crippen LogP contribution in [0.25, 0.3) is 0 Å². The molecule has 32 heavy (non-hydrogen) atoms. The number of hydrogen-bond acceptors (Lipinski definition) is 4. The highest BCUT2D eigenvalue weighted by Gasteiger charge is 2.32. The van der Waals surface area contributed by atoms with E-state index in [-0.39, 0.29) is 17.9 Å². The van der Waals surface area contributed by atoms with Crippen molar-refractivity contribution in [2.75, 3.05) is 56.1 Å². The molecule has 0 atom stereocenters. The molecule has 2 aliphatic rings. The topological polar surface area (TPSA) is 65.1 Å². The van der Waals surface area contributed by atoms with Crippen LogP contribution in [0.4, 0.5) is 16.2 Å². The summed E-state index contributed by atoms with van der Waals surface area (Å²) < 4.78 is 5.77. The maximum absolute atomic E-state index is 13.1. The minimum absolute atomic E-state index is 0.00182. The average Bonchev–Trinajstić information content (AvgIpc) is 2.85. The van der Waals surface area contributed by atoms with Gasteiger partial charge in [-0.05, 0) is 44.0 Å². The zero-order valence-electron chi connectivity index (χ0n) is 18.7. The number of para-hydroxylation sites is 3. The molecule has 7 heteroatoms. The summed E-state index contributed by atoms with van der Waals surface area (Å²) in [5, 5.41) is 2.93. The molecule has 2 aliphatic heterocycles. The molecule has 0 unspecified atom stereocenters. The molecule has 2 fully saturated rings. The van der Waals surface area contributed by atoms with Crippen molar-refractivity contribution in [1.82, 2.24) is 9.80 Å². The smallest absolute Gasteiger partial charge is 0.321 e. The highest BCUT2D eigenvalue weighted by Crippen LogP contribution is 2.29. The number of nitrogens with one attached hydrogen (secondary N) is 1. The summed E-state index contributed by atoms with van der Waals surface area (Å²) in [6, 6.07) is 17.5. The van der Waals surface area contributed by atoms with E-state index >= 15 is 0 Å². The number of nitrogens with zero attached hydrogens (tertiary/aromatic N) is 3. The number of hydrogen-bond donors (Lipinski definition) is 1. The molecule has 2 heterocycles. The minimum Gasteiger partial charge on any atom is -0.492 e. The Hall–Kier alpha value is -3.22. The average molecular weight is 437 g/mol. The van der Waals surface area contributed by atoms with Crippen LogP contribution >= 0.6 is 0 Å². The fourth-order valence-corrected chi connectivity index (χ4v) is 4.48. The summed E-state index contributed by atoms with van der Waals surface area (Å²) >= 11 is 0. The first-order valence-corrected chi connectivity index (χ1v) is 11.5. The van der Waals surface area contributed by atoms with E-state index in [2.05, 4.69) is 16.3 Å². The van der Waals surface area contributed by atoms with Gasteiger partial charge in [-0.15, -0.1) is 0 Å². The molecular formula is C25H32N4O3. The van der Waals surface area contributed by atoms with Gasteiger partial charge in [-0.3, -0.25) is 4.79 Å². The van der Waals surface area contributed by atoms with Crippen LogP contribution in [0.3, 0.4) is 0 Å². The number of likely N-dealkylation sites (tertiary alicyclic amines) is 1. The van der Waals surface area contributed by atoms with Crippen molar-refractivity contribution in [1.29, 1.82) is 0 Å². The van der Waals surface area contributed by atoms with Gasteiger partial charge in [0.1, 0.15) is 5.75 Å². The zero-order valence-corrected chi connectivity index (χ0v) is 18.7. The molecule has 3 amide bonds. The van der Waals surface area contributed by atoms with Crippen molar-refractivity contribution < 1.29 is 14.3 Å². The monoisotopic (exact) mass is 436 g/mol. The minimum atomic E-state index is -0.0938. The third-order valence-electron chi connectivity index (χ3n) is 6.25. The molecule has 4 rings (SSSR count). The number of carbonyl (C=O) groups is 2. The Morgan fingerprint density at radius 2 is 1.53 bits per heavy atom. The van der Waals surface area contributed by atoms with Gasteiger partial charge in [0.15, 0.2) is 0 Å². The van der Waals surface area contributed by atoms with Gasteiger partial charge < -0.3 is 24.8 Å². The van der Waals surface area contributed by atoms with Crippen molar-refractivity contribution in [2.45, 2.75) is 19.8 Å². The molecule has 2 aromatic rings. The van der Waals surface area contributed by atoms with Gasteiger partial charge in [0.2, 0.25) is 5.91 Å². The Bertz CT molecular complexity index is 904. The van der Waals surface area contributed by atoms with Crippen LogP contribution in [0.2, 0.25) is 0 Å². The number of urea groups is 1. The molecular weight excluding hydrogens is 404 g/mol. The van der Waals surface area contributed by atoms with Gasteiger partial charge in [-0.25, -0.2) is 4.79 Å². The van der Waals surface area contributed by atoms with Gasteiger partial charge in [0.05, 0.1) is 12.3 Å². The molecule has 0 radical (unpaired) electrons. The SMILES string of the molecule is CCOc1ccccc1N1CCN(C(=O)C2CCN(C(=O)Nc3ccccc3)CC2)CC1. The summed E-state index contributed by atoms with van der Waals surface area (Å²) in [7, 11) is 0. The molecule has 0 aliphatic carbocycles. The van der Waals surface area contributed by atoms with Crippen LogP contribution in [0, 0.1) is 5.92 Å². The summed E-state index contributed by atoms with van der Waals surface area (Å²) in [6.07, 6.45) is 1.43. The van der Waals surface area contributed by atoms with Crippen LogP contribution in [0.1, 0.15) is 19.8 Å². The van der Waals surface area contributed by atoms with E-state index in [1.807, 2.05) is 60.4 Å². The Morgan fingerprint density at radius 3 is 2.22 bits per heavy atom. The molecule has 0 bridgehead atoms. The fraction of sp³-hybridized carbons (Fsp3) is 0.440. The number of piperazine rings is 1. The Kier molecular flexibility index (Phi) is 7.14. The summed E-state index contributed by atoms with van der Waals surface area (Å²) in [4.78, 5) is 31.7. The number of rotatable bonds is 5. The van der Waals surface area contributed by atoms with E-state index in [1.165, 1.54) is 0 Å². The van der Waals surface area contributed by atoms with Crippen LogP contribution in [0.5, 0.6) is 5.75 Å². The van der Waals surface area contributed by atoms with E-state index in [1.54, 1.807) is 4.90 Å². The lowest BCUT2D eigenvalue weighted by Gasteiger charge is -2.39. The molecule has 170 valence electrons. The maximum Gasteiger partial charge on any atom is 0.321 e. The normalized spacial score (nSPS) is 17.2. The van der Waals surface area contributed by atoms with Crippen LogP contribution in [0.15, 0.2) is 54.6 Å². The summed E-state index contributed by atoms with van der Waals surface area (Å²) in [5.41, 5.74) is 1.89. The van der Waals surface area contributed by atoms with E-state index in [0.29, 0.717) is 45.6 Å². The quantitative estimate of drug-likeness (QED) is 0.777. The van der Waals surface area contributed by atoms with E-state index < -0.39 is 0 Å².